The smallest absolute Gasteiger partial charge is 0.269 e. The van der Waals surface area contributed by atoms with E-state index >= 15 is 0 Å². The number of amides is 1. The molecule has 0 aliphatic carbocycles. The van der Waals surface area contributed by atoms with Crippen LogP contribution >= 0.6 is 27.5 Å². The van der Waals surface area contributed by atoms with Crippen LogP contribution in [-0.4, -0.2) is 16.1 Å². The van der Waals surface area contributed by atoms with Gasteiger partial charge in [-0.15, -0.1) is 0 Å². The number of benzene rings is 2. The van der Waals surface area contributed by atoms with E-state index in [-0.39, 0.29) is 5.91 Å². The molecule has 6 heteroatoms. The number of H-pyrrole nitrogens is 1. The molecule has 0 radical (unpaired) electrons. The summed E-state index contributed by atoms with van der Waals surface area (Å²) in [4.78, 5) is 12.2. The van der Waals surface area contributed by atoms with Crippen molar-refractivity contribution in [3.8, 4) is 11.3 Å². The zero-order valence-electron chi connectivity index (χ0n) is 12.0. The Bertz CT molecular complexity index is 830. The van der Waals surface area contributed by atoms with Gasteiger partial charge in [-0.25, -0.2) is 0 Å². The maximum absolute atomic E-state index is 12.2. The molecule has 0 bridgehead atoms. The average Bonchev–Trinajstić information content (AvgIpc) is 3.03. The van der Waals surface area contributed by atoms with Gasteiger partial charge in [0.05, 0.1) is 5.69 Å². The van der Waals surface area contributed by atoms with Gasteiger partial charge in [-0.1, -0.05) is 51.8 Å². The van der Waals surface area contributed by atoms with E-state index < -0.39 is 0 Å². The third kappa shape index (κ3) is 4.00. The van der Waals surface area contributed by atoms with Gasteiger partial charge in [-0.05, 0) is 35.9 Å². The molecule has 2 aromatic carbocycles. The number of hydrogen-bond acceptors (Lipinski definition) is 2. The van der Waals surface area contributed by atoms with E-state index in [9.17, 15) is 4.79 Å². The number of aromatic amines is 1. The highest BCUT2D eigenvalue weighted by Crippen LogP contribution is 2.20. The third-order valence-electron chi connectivity index (χ3n) is 3.30. The highest BCUT2D eigenvalue weighted by Gasteiger charge is 2.10. The van der Waals surface area contributed by atoms with Gasteiger partial charge >= 0.3 is 0 Å². The highest BCUT2D eigenvalue weighted by molar-refractivity contribution is 9.10. The first kappa shape index (κ1) is 15.8. The Balaban J connectivity index is 1.67. The first-order valence-electron chi connectivity index (χ1n) is 6.96. The van der Waals surface area contributed by atoms with Crippen LogP contribution in [-0.2, 0) is 6.54 Å². The summed E-state index contributed by atoms with van der Waals surface area (Å²) in [5.74, 6) is -0.208. The van der Waals surface area contributed by atoms with Crippen LogP contribution in [0.3, 0.4) is 0 Å². The van der Waals surface area contributed by atoms with Crippen molar-refractivity contribution in [1.82, 2.24) is 15.5 Å². The zero-order valence-corrected chi connectivity index (χ0v) is 14.4. The van der Waals surface area contributed by atoms with Crippen LogP contribution in [0, 0.1) is 0 Å². The average molecular weight is 391 g/mol. The van der Waals surface area contributed by atoms with E-state index in [4.69, 9.17) is 11.6 Å². The molecule has 1 aromatic heterocycles. The summed E-state index contributed by atoms with van der Waals surface area (Å²) in [6, 6.07) is 16.9. The largest absolute Gasteiger partial charge is 0.347 e. The normalized spacial score (nSPS) is 10.5. The number of carbonyl (C=O) groups is 1. The third-order valence-corrected chi connectivity index (χ3v) is 4.07. The van der Waals surface area contributed by atoms with Crippen LogP contribution < -0.4 is 5.32 Å². The standard InChI is InChI=1S/C17H13BrClN3O/c18-13-6-4-12(5-7-13)15-9-16(22-21-15)17(23)20-10-11-2-1-3-14(19)8-11/h1-9H,10H2,(H,20,23)(H,21,22). The quantitative estimate of drug-likeness (QED) is 0.692. The van der Waals surface area contributed by atoms with Gasteiger partial charge in [0, 0.05) is 21.6 Å². The molecule has 0 aliphatic heterocycles. The molecule has 3 aromatic rings. The van der Waals surface area contributed by atoms with Gasteiger partial charge in [0.15, 0.2) is 0 Å². The Morgan fingerprint density at radius 3 is 2.70 bits per heavy atom. The Morgan fingerprint density at radius 2 is 1.96 bits per heavy atom. The molecule has 1 heterocycles. The summed E-state index contributed by atoms with van der Waals surface area (Å²) in [6.45, 7) is 0.409. The Hall–Kier alpha value is -2.11. The molecule has 2 N–H and O–H groups in total. The molecule has 0 saturated carbocycles. The van der Waals surface area contributed by atoms with Crippen LogP contribution in [0.2, 0.25) is 5.02 Å². The summed E-state index contributed by atoms with van der Waals surface area (Å²) in [5, 5.41) is 10.4. The van der Waals surface area contributed by atoms with E-state index in [1.165, 1.54) is 0 Å². The van der Waals surface area contributed by atoms with E-state index in [0.29, 0.717) is 17.3 Å². The second kappa shape index (κ2) is 6.98. The summed E-state index contributed by atoms with van der Waals surface area (Å²) in [6.07, 6.45) is 0. The molecule has 0 unspecified atom stereocenters. The monoisotopic (exact) mass is 389 g/mol. The molecule has 23 heavy (non-hydrogen) atoms. The number of hydrogen-bond donors (Lipinski definition) is 2. The van der Waals surface area contributed by atoms with Crippen LogP contribution in [0.15, 0.2) is 59.1 Å². The van der Waals surface area contributed by atoms with Crippen molar-refractivity contribution in [2.45, 2.75) is 6.54 Å². The maximum atomic E-state index is 12.2. The first-order valence-corrected chi connectivity index (χ1v) is 8.13. The highest BCUT2D eigenvalue weighted by atomic mass is 79.9. The lowest BCUT2D eigenvalue weighted by Gasteiger charge is -2.03. The molecular weight excluding hydrogens is 378 g/mol. The van der Waals surface area contributed by atoms with Gasteiger partial charge in [-0.2, -0.15) is 5.10 Å². The lowest BCUT2D eigenvalue weighted by atomic mass is 10.1. The molecule has 0 aliphatic rings. The van der Waals surface area contributed by atoms with Crippen LogP contribution in [0.1, 0.15) is 16.1 Å². The number of nitrogens with one attached hydrogen (secondary N) is 2. The van der Waals surface area contributed by atoms with E-state index in [0.717, 1.165) is 21.3 Å². The molecule has 0 fully saturated rings. The van der Waals surface area contributed by atoms with E-state index in [2.05, 4.69) is 31.4 Å². The van der Waals surface area contributed by atoms with Crippen molar-refractivity contribution in [2.75, 3.05) is 0 Å². The van der Waals surface area contributed by atoms with Crippen molar-refractivity contribution >= 4 is 33.4 Å². The minimum atomic E-state index is -0.208. The van der Waals surface area contributed by atoms with Crippen LogP contribution in [0.5, 0.6) is 0 Å². The number of carbonyl (C=O) groups excluding carboxylic acids is 1. The van der Waals surface area contributed by atoms with Crippen molar-refractivity contribution < 1.29 is 4.79 Å². The Kier molecular flexibility index (Phi) is 4.79. The van der Waals surface area contributed by atoms with E-state index in [1.54, 1.807) is 12.1 Å². The fourth-order valence-corrected chi connectivity index (χ4v) is 2.61. The van der Waals surface area contributed by atoms with Gasteiger partial charge < -0.3 is 5.32 Å². The fraction of sp³-hybridized carbons (Fsp3) is 0.0588. The Labute approximate surface area is 147 Å². The molecule has 3 rings (SSSR count). The number of halogens is 2. The minimum Gasteiger partial charge on any atom is -0.347 e. The van der Waals surface area contributed by atoms with Gasteiger partial charge in [-0.3, -0.25) is 9.89 Å². The minimum absolute atomic E-state index is 0.208. The lowest BCUT2D eigenvalue weighted by molar-refractivity contribution is 0.0946. The molecule has 116 valence electrons. The van der Waals surface area contributed by atoms with Crippen molar-refractivity contribution in [3.63, 3.8) is 0 Å². The predicted molar refractivity (Wildman–Crippen MR) is 94.3 cm³/mol. The second-order valence-corrected chi connectivity index (χ2v) is 6.34. The summed E-state index contributed by atoms with van der Waals surface area (Å²) < 4.78 is 0.997. The molecule has 0 saturated heterocycles. The van der Waals surface area contributed by atoms with E-state index in [1.807, 2.05) is 42.5 Å². The topological polar surface area (TPSA) is 57.8 Å². The SMILES string of the molecule is O=C(NCc1cccc(Cl)c1)c1cc(-c2ccc(Br)cc2)n[nH]1. The van der Waals surface area contributed by atoms with Gasteiger partial charge in [0.2, 0.25) is 0 Å². The van der Waals surface area contributed by atoms with Crippen LogP contribution in [0.25, 0.3) is 11.3 Å². The lowest BCUT2D eigenvalue weighted by Crippen LogP contribution is -2.23. The zero-order chi connectivity index (χ0) is 16.2. The van der Waals surface area contributed by atoms with Crippen molar-refractivity contribution in [2.24, 2.45) is 0 Å². The predicted octanol–water partition coefficient (Wildman–Crippen LogP) is 4.42. The molecule has 4 nitrogen and oxygen atoms in total. The maximum Gasteiger partial charge on any atom is 0.269 e. The van der Waals surface area contributed by atoms with Gasteiger partial charge in [0.25, 0.3) is 5.91 Å². The summed E-state index contributed by atoms with van der Waals surface area (Å²) in [5.41, 5.74) is 3.03. The number of aromatic nitrogens is 2. The summed E-state index contributed by atoms with van der Waals surface area (Å²) in [7, 11) is 0. The Morgan fingerprint density at radius 1 is 1.17 bits per heavy atom. The van der Waals surface area contributed by atoms with Crippen molar-refractivity contribution in [1.29, 1.82) is 0 Å². The molecule has 0 spiro atoms. The fourth-order valence-electron chi connectivity index (χ4n) is 2.13. The van der Waals surface area contributed by atoms with Crippen LogP contribution in [0.4, 0.5) is 0 Å². The first-order chi connectivity index (χ1) is 11.1. The molecular formula is C17H13BrClN3O. The molecule has 0 atom stereocenters. The number of rotatable bonds is 4. The van der Waals surface area contributed by atoms with Gasteiger partial charge in [0.1, 0.15) is 5.69 Å². The number of nitrogens with zero attached hydrogens (tertiary/aromatic N) is 1. The molecule has 1 amide bonds. The second-order valence-electron chi connectivity index (χ2n) is 4.99. The van der Waals surface area contributed by atoms with Crippen molar-refractivity contribution in [3.05, 3.63) is 75.4 Å². The summed E-state index contributed by atoms with van der Waals surface area (Å²) >= 11 is 9.32.